The van der Waals surface area contributed by atoms with Crippen LogP contribution in [-0.2, 0) is 6.42 Å². The van der Waals surface area contributed by atoms with Gasteiger partial charge in [-0.2, -0.15) is 0 Å². The van der Waals surface area contributed by atoms with E-state index in [1.165, 1.54) is 28.2 Å². The summed E-state index contributed by atoms with van der Waals surface area (Å²) in [6.07, 6.45) is 7.48. The van der Waals surface area contributed by atoms with E-state index in [0.717, 1.165) is 32.4 Å². The van der Waals surface area contributed by atoms with Crippen molar-refractivity contribution in [3.63, 3.8) is 0 Å². The Hall–Kier alpha value is -2.22. The van der Waals surface area contributed by atoms with Gasteiger partial charge in [0.1, 0.15) is 0 Å². The molecule has 2 heterocycles. The van der Waals surface area contributed by atoms with Gasteiger partial charge >= 0.3 is 0 Å². The molecular weight excluding hydrogens is 292 g/mol. The first-order chi connectivity index (χ1) is 11.6. The summed E-state index contributed by atoms with van der Waals surface area (Å²) in [4.78, 5) is 2.47. The van der Waals surface area contributed by atoms with E-state index >= 15 is 0 Å². The number of allylic oxidation sites excluding steroid dienone is 3. The van der Waals surface area contributed by atoms with E-state index in [0.29, 0.717) is 11.8 Å². The summed E-state index contributed by atoms with van der Waals surface area (Å²) in [5.41, 5.74) is 6.22. The summed E-state index contributed by atoms with van der Waals surface area (Å²) in [6, 6.07) is 8.65. The van der Waals surface area contributed by atoms with E-state index in [1.807, 2.05) is 6.08 Å². The number of nitrogens with zero attached hydrogens (tertiary/aromatic N) is 1. The smallest absolute Gasteiger partial charge is 0.0244 e. The van der Waals surface area contributed by atoms with Crippen LogP contribution < -0.4 is 5.32 Å². The minimum atomic E-state index is 0.566. The van der Waals surface area contributed by atoms with E-state index in [1.54, 1.807) is 0 Å². The average molecular weight is 320 g/mol. The van der Waals surface area contributed by atoms with Gasteiger partial charge in [0.05, 0.1) is 0 Å². The highest BCUT2D eigenvalue weighted by Crippen LogP contribution is 2.34. The van der Waals surface area contributed by atoms with Crippen LogP contribution in [0.3, 0.4) is 0 Å². The van der Waals surface area contributed by atoms with Gasteiger partial charge in [-0.3, -0.25) is 0 Å². The molecule has 1 N–H and O–H groups in total. The second kappa shape index (κ2) is 7.12. The minimum absolute atomic E-state index is 0.566. The lowest BCUT2D eigenvalue weighted by Crippen LogP contribution is -2.43. The van der Waals surface area contributed by atoms with Crippen molar-refractivity contribution >= 4 is 6.08 Å². The zero-order valence-electron chi connectivity index (χ0n) is 14.7. The molecule has 2 heteroatoms. The van der Waals surface area contributed by atoms with E-state index in [2.05, 4.69) is 67.2 Å². The van der Waals surface area contributed by atoms with Gasteiger partial charge < -0.3 is 10.2 Å². The fourth-order valence-corrected chi connectivity index (χ4v) is 3.85. The number of aryl methyl sites for hydroxylation is 1. The first-order valence-electron chi connectivity index (χ1n) is 8.85. The van der Waals surface area contributed by atoms with Crippen LogP contribution in [0.4, 0.5) is 0 Å². The van der Waals surface area contributed by atoms with Crippen molar-refractivity contribution in [2.24, 2.45) is 11.8 Å². The first-order valence-corrected chi connectivity index (χ1v) is 8.85. The lowest BCUT2D eigenvalue weighted by Gasteiger charge is -2.42. The van der Waals surface area contributed by atoms with Crippen molar-refractivity contribution < 1.29 is 0 Å². The van der Waals surface area contributed by atoms with Gasteiger partial charge in [0.2, 0.25) is 0 Å². The van der Waals surface area contributed by atoms with Gasteiger partial charge in [-0.25, -0.2) is 0 Å². The summed E-state index contributed by atoms with van der Waals surface area (Å²) < 4.78 is 0. The number of rotatable bonds is 5. The summed E-state index contributed by atoms with van der Waals surface area (Å²) in [5, 5.41) is 3.40. The molecule has 0 amide bonds. The highest BCUT2D eigenvalue weighted by molar-refractivity contribution is 5.47. The van der Waals surface area contributed by atoms with E-state index in [4.69, 9.17) is 0 Å². The zero-order chi connectivity index (χ0) is 17.1. The van der Waals surface area contributed by atoms with Crippen LogP contribution in [0.15, 0.2) is 67.2 Å². The fraction of sp³-hybridized carbons (Fsp3) is 0.364. The molecule has 0 bridgehead atoms. The van der Waals surface area contributed by atoms with Gasteiger partial charge in [-0.05, 0) is 37.3 Å². The highest BCUT2D eigenvalue weighted by Gasteiger charge is 2.32. The number of likely N-dealkylation sites (tertiary alicyclic amines) is 1. The first kappa shape index (κ1) is 16.6. The molecule has 2 aliphatic rings. The molecule has 0 spiro atoms. The van der Waals surface area contributed by atoms with Crippen molar-refractivity contribution in [3.05, 3.63) is 78.3 Å². The second-order valence-electron chi connectivity index (χ2n) is 7.02. The second-order valence-corrected chi connectivity index (χ2v) is 7.02. The summed E-state index contributed by atoms with van der Waals surface area (Å²) in [7, 11) is 0. The van der Waals surface area contributed by atoms with Gasteiger partial charge in [-0.15, -0.1) is 0 Å². The van der Waals surface area contributed by atoms with Gasteiger partial charge in [0.25, 0.3) is 0 Å². The maximum absolute atomic E-state index is 4.35. The van der Waals surface area contributed by atoms with Crippen LogP contribution in [0, 0.1) is 11.8 Å². The monoisotopic (exact) mass is 320 g/mol. The third kappa shape index (κ3) is 3.64. The third-order valence-electron chi connectivity index (χ3n) is 5.29. The molecule has 2 atom stereocenters. The van der Waals surface area contributed by atoms with Crippen LogP contribution in [0.25, 0.3) is 6.08 Å². The average Bonchev–Trinajstić information content (AvgIpc) is 2.59. The molecule has 0 aliphatic carbocycles. The Morgan fingerprint density at radius 2 is 2.08 bits per heavy atom. The Morgan fingerprint density at radius 3 is 2.79 bits per heavy atom. The molecule has 0 radical (unpaired) electrons. The Morgan fingerprint density at radius 1 is 1.33 bits per heavy atom. The van der Waals surface area contributed by atoms with Crippen LogP contribution in [-0.4, -0.2) is 18.0 Å². The Kier molecular flexibility index (Phi) is 4.94. The van der Waals surface area contributed by atoms with E-state index in [9.17, 15) is 0 Å². The Bertz CT molecular complexity index is 666. The van der Waals surface area contributed by atoms with Crippen LogP contribution in [0.1, 0.15) is 30.9 Å². The lowest BCUT2D eigenvalue weighted by atomic mass is 9.80. The van der Waals surface area contributed by atoms with Crippen molar-refractivity contribution in [2.75, 3.05) is 13.1 Å². The lowest BCUT2D eigenvalue weighted by molar-refractivity contribution is 0.186. The molecule has 0 saturated carbocycles. The highest BCUT2D eigenvalue weighted by atomic mass is 15.1. The maximum atomic E-state index is 4.35. The van der Waals surface area contributed by atoms with Gasteiger partial charge in [-0.1, -0.05) is 56.2 Å². The van der Waals surface area contributed by atoms with Gasteiger partial charge in [0, 0.05) is 42.0 Å². The van der Waals surface area contributed by atoms with Crippen LogP contribution in [0.2, 0.25) is 0 Å². The molecule has 2 unspecified atom stereocenters. The zero-order valence-corrected chi connectivity index (χ0v) is 14.7. The summed E-state index contributed by atoms with van der Waals surface area (Å²) >= 11 is 0. The Balaban J connectivity index is 1.56. The van der Waals surface area contributed by atoms with E-state index < -0.39 is 0 Å². The topological polar surface area (TPSA) is 15.3 Å². The van der Waals surface area contributed by atoms with E-state index in [-0.39, 0.29) is 0 Å². The number of hydrogen-bond acceptors (Lipinski definition) is 2. The van der Waals surface area contributed by atoms with Crippen LogP contribution >= 0.6 is 0 Å². The summed E-state index contributed by atoms with van der Waals surface area (Å²) in [5.74, 6) is 1.14. The predicted octanol–water partition coefficient (Wildman–Crippen LogP) is 4.73. The van der Waals surface area contributed by atoms with Crippen molar-refractivity contribution in [2.45, 2.75) is 26.2 Å². The predicted molar refractivity (Wildman–Crippen MR) is 103 cm³/mol. The molecular formula is C22H28N2. The quantitative estimate of drug-likeness (QED) is 0.843. The number of fused-ring (bicyclic) bond motifs is 1. The normalized spacial score (nSPS) is 23.1. The molecule has 3 rings (SSSR count). The molecule has 0 aromatic heterocycles. The maximum Gasteiger partial charge on any atom is 0.0244 e. The largest absolute Gasteiger partial charge is 0.375 e. The SMILES string of the molecule is C=Cc1ccc(CCC(=C)N2CCC3C(=C)NC(C)=CC3C2)cc1. The third-order valence-corrected chi connectivity index (χ3v) is 5.29. The molecule has 1 fully saturated rings. The molecule has 2 aliphatic heterocycles. The minimum Gasteiger partial charge on any atom is -0.375 e. The van der Waals surface area contributed by atoms with Crippen LogP contribution in [0.5, 0.6) is 0 Å². The number of benzene rings is 1. The number of piperidine rings is 1. The number of nitrogens with one attached hydrogen (secondary N) is 1. The van der Waals surface area contributed by atoms with Crippen molar-refractivity contribution in [1.82, 2.24) is 10.2 Å². The van der Waals surface area contributed by atoms with Crippen molar-refractivity contribution in [1.29, 1.82) is 0 Å². The molecule has 1 aromatic carbocycles. The Labute approximate surface area is 146 Å². The fourth-order valence-electron chi connectivity index (χ4n) is 3.85. The molecule has 2 nitrogen and oxygen atoms in total. The molecule has 126 valence electrons. The molecule has 1 aromatic rings. The standard InChI is InChI=1S/C22H28N2/c1-5-19-8-10-20(11-9-19)7-6-17(3)24-13-12-22-18(4)23-16(2)14-21(22)15-24/h5,8-11,14,21-23H,1,3-4,6-7,12-13,15H2,2H3. The van der Waals surface area contributed by atoms with Gasteiger partial charge in [0.15, 0.2) is 0 Å². The molecule has 1 saturated heterocycles. The molecule has 24 heavy (non-hydrogen) atoms. The number of hydrogen-bond donors (Lipinski definition) is 1. The summed E-state index contributed by atoms with van der Waals surface area (Å²) in [6.45, 7) is 16.6. The van der Waals surface area contributed by atoms with Crippen molar-refractivity contribution in [3.8, 4) is 0 Å².